The van der Waals surface area contributed by atoms with Gasteiger partial charge in [-0.25, -0.2) is 0 Å². The van der Waals surface area contributed by atoms with Crippen molar-refractivity contribution in [3.63, 3.8) is 0 Å². The Hall–Kier alpha value is -1.02. The predicted octanol–water partition coefficient (Wildman–Crippen LogP) is 3.78. The molecule has 0 saturated carbocycles. The fourth-order valence-corrected chi connectivity index (χ4v) is 2.95. The molecule has 1 aliphatic rings. The first-order chi connectivity index (χ1) is 9.22. The van der Waals surface area contributed by atoms with Crippen LogP contribution in [0.5, 0.6) is 0 Å². The summed E-state index contributed by atoms with van der Waals surface area (Å²) in [6.07, 6.45) is 3.73. The van der Waals surface area contributed by atoms with Gasteiger partial charge in [-0.1, -0.05) is 39.0 Å². The third-order valence-electron chi connectivity index (χ3n) is 4.18. The van der Waals surface area contributed by atoms with Gasteiger partial charge < -0.3 is 10.2 Å². The standard InChI is InChI=1S/C17H28N2/c1-4-15-10-13-19(12-7-11-18-15)17-9-6-5-8-16(17)14(2)3/h5-6,8-9,14-15,18H,4,7,10-13H2,1-3H3. The normalized spacial score (nSPS) is 21.3. The monoisotopic (exact) mass is 260 g/mol. The summed E-state index contributed by atoms with van der Waals surface area (Å²) in [6, 6.07) is 9.61. The van der Waals surface area contributed by atoms with Crippen LogP contribution in [-0.4, -0.2) is 25.7 Å². The van der Waals surface area contributed by atoms with Crippen LogP contribution in [0.3, 0.4) is 0 Å². The molecule has 106 valence electrons. The van der Waals surface area contributed by atoms with Crippen molar-refractivity contribution in [2.45, 2.75) is 52.0 Å². The van der Waals surface area contributed by atoms with Gasteiger partial charge in [0.2, 0.25) is 0 Å². The maximum Gasteiger partial charge on any atom is 0.0401 e. The summed E-state index contributed by atoms with van der Waals surface area (Å²) >= 11 is 0. The van der Waals surface area contributed by atoms with Crippen molar-refractivity contribution < 1.29 is 0 Å². The molecule has 0 aromatic heterocycles. The SMILES string of the molecule is CCC1CCN(c2ccccc2C(C)C)CCCN1. The van der Waals surface area contributed by atoms with E-state index in [0.29, 0.717) is 12.0 Å². The number of nitrogens with one attached hydrogen (secondary N) is 1. The molecule has 2 nitrogen and oxygen atoms in total. The van der Waals surface area contributed by atoms with Crippen LogP contribution < -0.4 is 10.2 Å². The van der Waals surface area contributed by atoms with Crippen LogP contribution in [-0.2, 0) is 0 Å². The molecule has 0 spiro atoms. The number of anilines is 1. The lowest BCUT2D eigenvalue weighted by Crippen LogP contribution is -2.40. The van der Waals surface area contributed by atoms with Gasteiger partial charge in [-0.05, 0) is 43.4 Å². The molecule has 2 heteroatoms. The fraction of sp³-hybridized carbons (Fsp3) is 0.647. The summed E-state index contributed by atoms with van der Waals surface area (Å²) in [7, 11) is 0. The van der Waals surface area contributed by atoms with Crippen LogP contribution in [0.15, 0.2) is 24.3 Å². The zero-order valence-electron chi connectivity index (χ0n) is 12.7. The van der Waals surface area contributed by atoms with Gasteiger partial charge in [0.25, 0.3) is 0 Å². The smallest absolute Gasteiger partial charge is 0.0401 e. The highest BCUT2D eigenvalue weighted by Crippen LogP contribution is 2.28. The van der Waals surface area contributed by atoms with Crippen molar-refractivity contribution in [3.8, 4) is 0 Å². The van der Waals surface area contributed by atoms with Gasteiger partial charge in [-0.2, -0.15) is 0 Å². The number of nitrogens with zero attached hydrogens (tertiary/aromatic N) is 1. The molecule has 1 unspecified atom stereocenters. The molecule has 0 aliphatic carbocycles. The Morgan fingerprint density at radius 1 is 1.26 bits per heavy atom. The molecule has 1 aromatic rings. The van der Waals surface area contributed by atoms with Crippen LogP contribution in [0.2, 0.25) is 0 Å². The summed E-state index contributed by atoms with van der Waals surface area (Å²) in [5.41, 5.74) is 2.94. The second kappa shape index (κ2) is 6.95. The zero-order chi connectivity index (χ0) is 13.7. The molecule has 1 aromatic carbocycles. The lowest BCUT2D eigenvalue weighted by atomic mass is 9.99. The Labute approximate surface area is 118 Å². The van der Waals surface area contributed by atoms with Crippen LogP contribution in [0.1, 0.15) is 51.5 Å². The van der Waals surface area contributed by atoms with Crippen molar-refractivity contribution >= 4 is 5.69 Å². The van der Waals surface area contributed by atoms with E-state index in [-0.39, 0.29) is 0 Å². The van der Waals surface area contributed by atoms with Crippen molar-refractivity contribution in [3.05, 3.63) is 29.8 Å². The van der Waals surface area contributed by atoms with Gasteiger partial charge in [0.05, 0.1) is 0 Å². The highest BCUT2D eigenvalue weighted by Gasteiger charge is 2.16. The van der Waals surface area contributed by atoms with E-state index < -0.39 is 0 Å². The molecule has 2 rings (SSSR count). The first kappa shape index (κ1) is 14.4. The van der Waals surface area contributed by atoms with E-state index in [1.54, 1.807) is 0 Å². The Balaban J connectivity index is 2.15. The van der Waals surface area contributed by atoms with E-state index in [0.717, 1.165) is 6.54 Å². The van der Waals surface area contributed by atoms with Crippen molar-refractivity contribution in [1.29, 1.82) is 0 Å². The van der Waals surface area contributed by atoms with Gasteiger partial charge in [-0.3, -0.25) is 0 Å². The van der Waals surface area contributed by atoms with Crippen LogP contribution in [0.25, 0.3) is 0 Å². The van der Waals surface area contributed by atoms with Crippen molar-refractivity contribution in [2.75, 3.05) is 24.5 Å². The van der Waals surface area contributed by atoms with Gasteiger partial charge in [0.15, 0.2) is 0 Å². The molecule has 0 bridgehead atoms. The largest absolute Gasteiger partial charge is 0.371 e. The average molecular weight is 260 g/mol. The molecule has 19 heavy (non-hydrogen) atoms. The summed E-state index contributed by atoms with van der Waals surface area (Å²) in [6.45, 7) is 10.4. The van der Waals surface area contributed by atoms with Crippen LogP contribution in [0.4, 0.5) is 5.69 Å². The molecule has 1 atom stereocenters. The first-order valence-corrected chi connectivity index (χ1v) is 7.79. The van der Waals surface area contributed by atoms with Crippen LogP contribution in [0, 0.1) is 0 Å². The van der Waals surface area contributed by atoms with E-state index in [2.05, 4.69) is 55.3 Å². The number of rotatable bonds is 3. The maximum atomic E-state index is 3.65. The predicted molar refractivity (Wildman–Crippen MR) is 84.1 cm³/mol. The zero-order valence-corrected chi connectivity index (χ0v) is 12.7. The summed E-state index contributed by atoms with van der Waals surface area (Å²) in [5.74, 6) is 0.599. The molecular weight excluding hydrogens is 232 g/mol. The Morgan fingerprint density at radius 2 is 2.05 bits per heavy atom. The fourth-order valence-electron chi connectivity index (χ4n) is 2.95. The van der Waals surface area contributed by atoms with E-state index in [4.69, 9.17) is 0 Å². The third kappa shape index (κ3) is 3.73. The van der Waals surface area contributed by atoms with E-state index in [9.17, 15) is 0 Å². The minimum absolute atomic E-state index is 0.599. The average Bonchev–Trinajstić information content (AvgIpc) is 2.39. The third-order valence-corrected chi connectivity index (χ3v) is 4.18. The number of hydrogen-bond acceptors (Lipinski definition) is 2. The second-order valence-electron chi connectivity index (χ2n) is 5.90. The molecule has 1 fully saturated rings. The summed E-state index contributed by atoms with van der Waals surface area (Å²) in [4.78, 5) is 2.60. The van der Waals surface area contributed by atoms with E-state index in [1.807, 2.05) is 0 Å². The van der Waals surface area contributed by atoms with Gasteiger partial charge >= 0.3 is 0 Å². The Morgan fingerprint density at radius 3 is 2.79 bits per heavy atom. The minimum Gasteiger partial charge on any atom is -0.371 e. The number of hydrogen-bond donors (Lipinski definition) is 1. The molecular formula is C17H28N2. The molecule has 1 aliphatic heterocycles. The lowest BCUT2D eigenvalue weighted by Gasteiger charge is -2.32. The molecule has 0 amide bonds. The molecule has 1 saturated heterocycles. The molecule has 1 N–H and O–H groups in total. The van der Waals surface area contributed by atoms with E-state index in [1.165, 1.54) is 43.6 Å². The van der Waals surface area contributed by atoms with Gasteiger partial charge in [0.1, 0.15) is 0 Å². The highest BCUT2D eigenvalue weighted by molar-refractivity contribution is 5.55. The highest BCUT2D eigenvalue weighted by atomic mass is 15.1. The summed E-state index contributed by atoms with van der Waals surface area (Å²) < 4.78 is 0. The van der Waals surface area contributed by atoms with Crippen molar-refractivity contribution in [1.82, 2.24) is 5.32 Å². The number of benzene rings is 1. The maximum absolute atomic E-state index is 3.65. The quantitative estimate of drug-likeness (QED) is 0.890. The minimum atomic E-state index is 0.599. The Bertz CT molecular complexity index is 387. The van der Waals surface area contributed by atoms with Gasteiger partial charge in [-0.15, -0.1) is 0 Å². The first-order valence-electron chi connectivity index (χ1n) is 7.79. The molecule has 1 heterocycles. The molecule has 0 radical (unpaired) electrons. The lowest BCUT2D eigenvalue weighted by molar-refractivity contribution is 0.439. The topological polar surface area (TPSA) is 15.3 Å². The van der Waals surface area contributed by atoms with Crippen LogP contribution >= 0.6 is 0 Å². The van der Waals surface area contributed by atoms with Gasteiger partial charge in [0, 0.05) is 24.8 Å². The Kier molecular flexibility index (Phi) is 5.26. The number of para-hydroxylation sites is 1. The van der Waals surface area contributed by atoms with E-state index >= 15 is 0 Å². The second-order valence-corrected chi connectivity index (χ2v) is 5.90. The summed E-state index contributed by atoms with van der Waals surface area (Å²) in [5, 5.41) is 3.65. The van der Waals surface area contributed by atoms with Crippen molar-refractivity contribution in [2.24, 2.45) is 0 Å².